The van der Waals surface area contributed by atoms with Crippen LogP contribution < -0.4 is 9.50 Å². The van der Waals surface area contributed by atoms with E-state index in [2.05, 4.69) is 21.2 Å². The number of urea groups is 1. The van der Waals surface area contributed by atoms with E-state index in [0.29, 0.717) is 21.4 Å². The maximum atomic E-state index is 13.0. The lowest BCUT2D eigenvalue weighted by Gasteiger charge is -2.22. The molecule has 3 aromatic rings. The lowest BCUT2D eigenvalue weighted by atomic mass is 9.92. The Labute approximate surface area is 198 Å². The normalized spacial score (nSPS) is 18.8. The molecule has 0 aliphatic carbocycles. The van der Waals surface area contributed by atoms with Crippen molar-refractivity contribution in [2.24, 2.45) is 0 Å². The Morgan fingerprint density at radius 1 is 1.06 bits per heavy atom. The van der Waals surface area contributed by atoms with Gasteiger partial charge in [0.2, 0.25) is 0 Å². The van der Waals surface area contributed by atoms with Crippen molar-refractivity contribution < 1.29 is 22.2 Å². The molecule has 7 nitrogen and oxygen atoms in total. The zero-order chi connectivity index (χ0) is 23.1. The van der Waals surface area contributed by atoms with Gasteiger partial charge in [-0.05, 0) is 36.8 Å². The highest BCUT2D eigenvalue weighted by molar-refractivity contribution is 9.10. The van der Waals surface area contributed by atoms with Crippen LogP contribution in [0.15, 0.2) is 65.1 Å². The van der Waals surface area contributed by atoms with E-state index in [9.17, 15) is 18.0 Å². The van der Waals surface area contributed by atoms with Gasteiger partial charge in [0.05, 0.1) is 0 Å². The lowest BCUT2D eigenvalue weighted by Crippen LogP contribution is -2.41. The quantitative estimate of drug-likeness (QED) is 0.371. The van der Waals surface area contributed by atoms with Gasteiger partial charge in [0, 0.05) is 26.8 Å². The largest absolute Gasteiger partial charge is 0.382 e. The fraction of sp³-hybridized carbons (Fsp3) is 0.182. The molecule has 1 unspecified atom stereocenters. The second-order valence-corrected chi connectivity index (χ2v) is 10.5. The Balaban J connectivity index is 1.51. The van der Waals surface area contributed by atoms with Crippen molar-refractivity contribution in [3.05, 3.63) is 75.7 Å². The van der Waals surface area contributed by atoms with Crippen LogP contribution in [0, 0.1) is 0 Å². The van der Waals surface area contributed by atoms with E-state index in [-0.39, 0.29) is 12.3 Å². The number of benzene rings is 3. The van der Waals surface area contributed by atoms with Crippen LogP contribution in [0.25, 0.3) is 10.8 Å². The number of amides is 3. The summed E-state index contributed by atoms with van der Waals surface area (Å²) in [5.74, 6) is -0.966. The zero-order valence-electron chi connectivity index (χ0n) is 16.8. The number of fused-ring (bicyclic) bond motifs is 1. The molecule has 166 valence electrons. The van der Waals surface area contributed by atoms with Crippen LogP contribution >= 0.6 is 27.5 Å². The molecule has 1 saturated heterocycles. The first-order valence-corrected chi connectivity index (χ1v) is 12.4. The van der Waals surface area contributed by atoms with Gasteiger partial charge < -0.3 is 9.50 Å². The van der Waals surface area contributed by atoms with Gasteiger partial charge in [0.1, 0.15) is 11.3 Å². The first-order chi connectivity index (χ1) is 15.1. The predicted molar refractivity (Wildman–Crippen MR) is 125 cm³/mol. The summed E-state index contributed by atoms with van der Waals surface area (Å²) in [5, 5.41) is 4.32. The van der Waals surface area contributed by atoms with Gasteiger partial charge >= 0.3 is 16.1 Å². The monoisotopic (exact) mass is 536 g/mol. The summed E-state index contributed by atoms with van der Waals surface area (Å²) in [5.41, 5.74) is -0.711. The van der Waals surface area contributed by atoms with Crippen molar-refractivity contribution in [3.63, 3.8) is 0 Å². The van der Waals surface area contributed by atoms with Crippen LogP contribution in [0.5, 0.6) is 5.75 Å². The van der Waals surface area contributed by atoms with Gasteiger partial charge in [0.15, 0.2) is 5.75 Å². The van der Waals surface area contributed by atoms with Crippen molar-refractivity contribution in [2.45, 2.75) is 12.5 Å². The molecule has 1 atom stereocenters. The van der Waals surface area contributed by atoms with Gasteiger partial charge in [-0.2, -0.15) is 8.42 Å². The van der Waals surface area contributed by atoms with E-state index in [1.165, 1.54) is 6.07 Å². The van der Waals surface area contributed by atoms with E-state index in [0.717, 1.165) is 9.37 Å². The Morgan fingerprint density at radius 2 is 1.78 bits per heavy atom. The molecule has 0 aromatic heterocycles. The fourth-order valence-electron chi connectivity index (χ4n) is 3.58. The number of nitrogens with zero attached hydrogens (tertiary/aromatic N) is 1. The third-order valence-electron chi connectivity index (χ3n) is 5.29. The zero-order valence-corrected chi connectivity index (χ0v) is 20.0. The molecule has 1 aliphatic heterocycles. The molecule has 1 heterocycles. The number of imide groups is 1. The average Bonchev–Trinajstić information content (AvgIpc) is 2.98. The standard InChI is InChI=1S/C22H18BrClN2O5S/c1-22(14-5-4-6-15(23)13-14)20(27)26(21(28)25-22)11-12-32(29,30)31-19-10-9-18(24)16-7-2-3-8-17(16)19/h2-10,13H,11-12H2,1H3,(H,25,28). The highest BCUT2D eigenvalue weighted by atomic mass is 79.9. The van der Waals surface area contributed by atoms with Crippen LogP contribution in [0.1, 0.15) is 12.5 Å². The summed E-state index contributed by atoms with van der Waals surface area (Å²) in [6.07, 6.45) is 0. The van der Waals surface area contributed by atoms with Gasteiger partial charge in [-0.1, -0.05) is 63.9 Å². The number of rotatable bonds is 6. The van der Waals surface area contributed by atoms with Gasteiger partial charge in [-0.15, -0.1) is 0 Å². The Hall–Kier alpha value is -2.62. The van der Waals surface area contributed by atoms with E-state index in [4.69, 9.17) is 15.8 Å². The molecule has 10 heteroatoms. The van der Waals surface area contributed by atoms with Crippen molar-refractivity contribution in [2.75, 3.05) is 12.3 Å². The number of carbonyl (C=O) groups is 2. The molecule has 1 N–H and O–H groups in total. The van der Waals surface area contributed by atoms with Gasteiger partial charge in [-0.3, -0.25) is 9.69 Å². The molecule has 3 amide bonds. The molecule has 1 fully saturated rings. The van der Waals surface area contributed by atoms with Crippen molar-refractivity contribution >= 4 is 60.4 Å². The predicted octanol–water partition coefficient (Wildman–Crippen LogP) is 4.43. The fourth-order valence-corrected chi connectivity index (χ4v) is 5.12. The summed E-state index contributed by atoms with van der Waals surface area (Å²) < 4.78 is 31.3. The van der Waals surface area contributed by atoms with Crippen LogP contribution in [0.4, 0.5) is 4.79 Å². The minimum atomic E-state index is -4.11. The summed E-state index contributed by atoms with van der Waals surface area (Å²) in [4.78, 5) is 26.4. The number of nitrogens with one attached hydrogen (secondary N) is 1. The first-order valence-electron chi connectivity index (χ1n) is 9.60. The second-order valence-electron chi connectivity index (χ2n) is 7.46. The molecule has 3 aromatic carbocycles. The summed E-state index contributed by atoms with van der Waals surface area (Å²) in [7, 11) is -4.11. The Bertz CT molecular complexity index is 1350. The molecular weight excluding hydrogens is 520 g/mol. The maximum absolute atomic E-state index is 13.0. The highest BCUT2D eigenvalue weighted by Crippen LogP contribution is 2.33. The lowest BCUT2D eigenvalue weighted by molar-refractivity contribution is -0.130. The van der Waals surface area contributed by atoms with Gasteiger partial charge in [-0.25, -0.2) is 4.79 Å². The minimum Gasteiger partial charge on any atom is -0.382 e. The van der Waals surface area contributed by atoms with E-state index in [1.807, 2.05) is 0 Å². The Kier molecular flexibility index (Phi) is 5.91. The van der Waals surface area contributed by atoms with Gasteiger partial charge in [0.25, 0.3) is 5.91 Å². The number of carbonyl (C=O) groups excluding carboxylic acids is 2. The smallest absolute Gasteiger partial charge is 0.325 e. The number of halogens is 2. The SMILES string of the molecule is CC1(c2cccc(Br)c2)NC(=O)N(CCS(=O)(=O)Oc2ccc(Cl)c3ccccc23)C1=O. The molecule has 0 spiro atoms. The first kappa shape index (κ1) is 22.6. The summed E-state index contributed by atoms with van der Waals surface area (Å²) in [6, 6.07) is 16.4. The highest BCUT2D eigenvalue weighted by Gasteiger charge is 2.49. The third kappa shape index (κ3) is 4.20. The van der Waals surface area contributed by atoms with E-state index in [1.54, 1.807) is 61.5 Å². The molecule has 1 aliphatic rings. The van der Waals surface area contributed by atoms with Crippen LogP contribution in [0.2, 0.25) is 5.02 Å². The van der Waals surface area contributed by atoms with Crippen molar-refractivity contribution in [1.29, 1.82) is 0 Å². The minimum absolute atomic E-state index is 0.126. The van der Waals surface area contributed by atoms with E-state index < -0.39 is 33.3 Å². The molecule has 4 rings (SSSR count). The summed E-state index contributed by atoms with van der Waals surface area (Å²) in [6.45, 7) is 1.24. The second kappa shape index (κ2) is 8.38. The molecule has 0 bridgehead atoms. The van der Waals surface area contributed by atoms with Crippen molar-refractivity contribution in [1.82, 2.24) is 10.2 Å². The summed E-state index contributed by atoms with van der Waals surface area (Å²) >= 11 is 9.52. The van der Waals surface area contributed by atoms with Crippen LogP contribution in [-0.4, -0.2) is 37.6 Å². The number of hydrogen-bond acceptors (Lipinski definition) is 5. The van der Waals surface area contributed by atoms with Crippen LogP contribution in [-0.2, 0) is 20.5 Å². The topological polar surface area (TPSA) is 92.8 Å². The van der Waals surface area contributed by atoms with Crippen LogP contribution in [0.3, 0.4) is 0 Å². The Morgan fingerprint density at radius 3 is 2.50 bits per heavy atom. The molecule has 0 saturated carbocycles. The van der Waals surface area contributed by atoms with E-state index >= 15 is 0 Å². The average molecular weight is 538 g/mol. The molecule has 0 radical (unpaired) electrons. The molecular formula is C22H18BrClN2O5S. The molecule has 32 heavy (non-hydrogen) atoms. The number of hydrogen-bond donors (Lipinski definition) is 1. The third-order valence-corrected chi connectivity index (χ3v) is 7.23. The maximum Gasteiger partial charge on any atom is 0.325 e. The van der Waals surface area contributed by atoms with Crippen molar-refractivity contribution in [3.8, 4) is 5.75 Å².